The Morgan fingerprint density at radius 3 is 2.30 bits per heavy atom. The SMILES string of the molecule is CCCc1cc(C(=O)N(CCC)CCC)cc(NC)n1. The Bertz CT molecular complexity index is 426. The molecule has 0 aliphatic carbocycles. The molecule has 1 N–H and O–H groups in total. The summed E-state index contributed by atoms with van der Waals surface area (Å²) >= 11 is 0. The minimum absolute atomic E-state index is 0.116. The van der Waals surface area contributed by atoms with Crippen LogP contribution in [0, 0.1) is 0 Å². The molecule has 0 saturated carbocycles. The van der Waals surface area contributed by atoms with Gasteiger partial charge < -0.3 is 10.2 Å². The van der Waals surface area contributed by atoms with Gasteiger partial charge in [-0.05, 0) is 31.4 Å². The second-order valence-electron chi connectivity index (χ2n) is 5.02. The summed E-state index contributed by atoms with van der Waals surface area (Å²) in [4.78, 5) is 19.0. The number of aromatic nitrogens is 1. The van der Waals surface area contributed by atoms with E-state index in [9.17, 15) is 4.79 Å². The molecule has 0 atom stereocenters. The second-order valence-corrected chi connectivity index (χ2v) is 5.02. The predicted octanol–water partition coefficient (Wildman–Crippen LogP) is 3.34. The van der Waals surface area contributed by atoms with E-state index in [-0.39, 0.29) is 5.91 Å². The number of pyridine rings is 1. The molecule has 1 rings (SSSR count). The summed E-state index contributed by atoms with van der Waals surface area (Å²) < 4.78 is 0. The summed E-state index contributed by atoms with van der Waals surface area (Å²) in [6.45, 7) is 7.95. The third kappa shape index (κ3) is 4.51. The maximum Gasteiger partial charge on any atom is 0.254 e. The molecule has 1 amide bonds. The standard InChI is InChI=1S/C16H27N3O/c1-5-8-14-11-13(12-15(17-4)18-14)16(20)19(9-6-2)10-7-3/h11-12H,5-10H2,1-4H3,(H,17,18). The Kier molecular flexibility index (Phi) is 7.05. The van der Waals surface area contributed by atoms with Gasteiger partial charge in [-0.3, -0.25) is 4.79 Å². The van der Waals surface area contributed by atoms with Gasteiger partial charge in [0.1, 0.15) is 5.82 Å². The highest BCUT2D eigenvalue weighted by Crippen LogP contribution is 2.14. The number of hydrogen-bond acceptors (Lipinski definition) is 3. The quantitative estimate of drug-likeness (QED) is 0.792. The van der Waals surface area contributed by atoms with Crippen molar-refractivity contribution >= 4 is 11.7 Å². The zero-order valence-corrected chi connectivity index (χ0v) is 13.2. The Hall–Kier alpha value is -1.58. The second kappa shape index (κ2) is 8.56. The van der Waals surface area contributed by atoms with E-state index in [1.54, 1.807) is 0 Å². The van der Waals surface area contributed by atoms with Crippen LogP contribution in [0.2, 0.25) is 0 Å². The van der Waals surface area contributed by atoms with Gasteiger partial charge >= 0.3 is 0 Å². The zero-order valence-electron chi connectivity index (χ0n) is 13.2. The summed E-state index contributed by atoms with van der Waals surface area (Å²) in [5.41, 5.74) is 1.73. The molecule has 0 spiro atoms. The van der Waals surface area contributed by atoms with Crippen LogP contribution in [-0.2, 0) is 6.42 Å². The molecule has 0 saturated heterocycles. The topological polar surface area (TPSA) is 45.2 Å². The van der Waals surface area contributed by atoms with E-state index < -0.39 is 0 Å². The van der Waals surface area contributed by atoms with Crippen LogP contribution in [0.25, 0.3) is 0 Å². The molecule has 1 heterocycles. The van der Waals surface area contributed by atoms with Crippen LogP contribution in [0.5, 0.6) is 0 Å². The number of aryl methyl sites for hydroxylation is 1. The smallest absolute Gasteiger partial charge is 0.254 e. The van der Waals surface area contributed by atoms with Gasteiger partial charge in [-0.1, -0.05) is 27.2 Å². The van der Waals surface area contributed by atoms with Crippen molar-refractivity contribution in [1.82, 2.24) is 9.88 Å². The van der Waals surface area contributed by atoms with Crippen LogP contribution < -0.4 is 5.32 Å². The minimum atomic E-state index is 0.116. The average Bonchev–Trinajstić information content (AvgIpc) is 2.46. The Morgan fingerprint density at radius 2 is 1.80 bits per heavy atom. The van der Waals surface area contributed by atoms with Crippen LogP contribution in [-0.4, -0.2) is 35.9 Å². The molecule has 4 nitrogen and oxygen atoms in total. The average molecular weight is 277 g/mol. The molecule has 0 fully saturated rings. The van der Waals surface area contributed by atoms with Crippen molar-refractivity contribution in [1.29, 1.82) is 0 Å². The third-order valence-corrected chi connectivity index (χ3v) is 3.16. The largest absolute Gasteiger partial charge is 0.373 e. The lowest BCUT2D eigenvalue weighted by molar-refractivity contribution is 0.0755. The Labute approximate surface area is 122 Å². The van der Waals surface area contributed by atoms with Crippen LogP contribution in [0.4, 0.5) is 5.82 Å². The minimum Gasteiger partial charge on any atom is -0.373 e. The number of anilines is 1. The van der Waals surface area contributed by atoms with E-state index in [1.807, 2.05) is 24.1 Å². The molecular weight excluding hydrogens is 250 g/mol. The Balaban J connectivity index is 3.02. The van der Waals surface area contributed by atoms with Crippen molar-refractivity contribution in [2.75, 3.05) is 25.5 Å². The summed E-state index contributed by atoms with van der Waals surface area (Å²) in [6, 6.07) is 3.78. The highest BCUT2D eigenvalue weighted by molar-refractivity contribution is 5.95. The third-order valence-electron chi connectivity index (χ3n) is 3.16. The molecule has 0 aliphatic rings. The molecule has 20 heavy (non-hydrogen) atoms. The molecule has 1 aromatic heterocycles. The lowest BCUT2D eigenvalue weighted by Gasteiger charge is -2.22. The van der Waals surface area contributed by atoms with Crippen LogP contribution in [0.3, 0.4) is 0 Å². The van der Waals surface area contributed by atoms with Crippen LogP contribution in [0.1, 0.15) is 56.1 Å². The molecule has 4 heteroatoms. The van der Waals surface area contributed by atoms with E-state index >= 15 is 0 Å². The summed E-state index contributed by atoms with van der Waals surface area (Å²) in [5.74, 6) is 0.886. The summed E-state index contributed by atoms with van der Waals surface area (Å²) in [5, 5.41) is 3.04. The number of hydrogen-bond donors (Lipinski definition) is 1. The van der Waals surface area contributed by atoms with Crippen molar-refractivity contribution in [3.8, 4) is 0 Å². The molecular formula is C16H27N3O. The van der Waals surface area contributed by atoms with E-state index in [4.69, 9.17) is 0 Å². The van der Waals surface area contributed by atoms with E-state index in [0.29, 0.717) is 0 Å². The summed E-state index contributed by atoms with van der Waals surface area (Å²) in [6.07, 6.45) is 3.90. The maximum absolute atomic E-state index is 12.6. The normalized spacial score (nSPS) is 10.4. The number of nitrogens with one attached hydrogen (secondary N) is 1. The van der Waals surface area contributed by atoms with Gasteiger partial charge in [0.25, 0.3) is 5.91 Å². The lowest BCUT2D eigenvalue weighted by Crippen LogP contribution is -2.32. The van der Waals surface area contributed by atoms with Gasteiger partial charge in [-0.2, -0.15) is 0 Å². The molecule has 112 valence electrons. The number of rotatable bonds is 8. The fourth-order valence-corrected chi connectivity index (χ4v) is 2.26. The van der Waals surface area contributed by atoms with Gasteiger partial charge in [0.15, 0.2) is 0 Å². The van der Waals surface area contributed by atoms with E-state index in [2.05, 4.69) is 31.1 Å². The fourth-order valence-electron chi connectivity index (χ4n) is 2.26. The molecule has 0 bridgehead atoms. The first-order chi connectivity index (χ1) is 9.65. The van der Waals surface area contributed by atoms with Crippen molar-refractivity contribution in [3.05, 3.63) is 23.4 Å². The maximum atomic E-state index is 12.6. The van der Waals surface area contributed by atoms with Crippen LogP contribution in [0.15, 0.2) is 12.1 Å². The molecule has 0 radical (unpaired) electrons. The first-order valence-corrected chi connectivity index (χ1v) is 7.64. The fraction of sp³-hybridized carbons (Fsp3) is 0.625. The van der Waals surface area contributed by atoms with Crippen molar-refractivity contribution in [2.24, 2.45) is 0 Å². The number of carbonyl (C=O) groups excluding carboxylic acids is 1. The van der Waals surface area contributed by atoms with Crippen molar-refractivity contribution in [2.45, 2.75) is 46.5 Å². The Morgan fingerprint density at radius 1 is 1.15 bits per heavy atom. The van der Waals surface area contributed by atoms with Crippen LogP contribution >= 0.6 is 0 Å². The van der Waals surface area contributed by atoms with Gasteiger partial charge in [-0.25, -0.2) is 4.98 Å². The predicted molar refractivity (Wildman–Crippen MR) is 84.3 cm³/mol. The van der Waals surface area contributed by atoms with Gasteiger partial charge in [-0.15, -0.1) is 0 Å². The van der Waals surface area contributed by atoms with Gasteiger partial charge in [0.2, 0.25) is 0 Å². The monoisotopic (exact) mass is 277 g/mol. The highest BCUT2D eigenvalue weighted by atomic mass is 16.2. The van der Waals surface area contributed by atoms with Gasteiger partial charge in [0.05, 0.1) is 0 Å². The first-order valence-electron chi connectivity index (χ1n) is 7.64. The molecule has 0 aromatic carbocycles. The highest BCUT2D eigenvalue weighted by Gasteiger charge is 2.16. The molecule has 1 aromatic rings. The van der Waals surface area contributed by atoms with Crippen molar-refractivity contribution in [3.63, 3.8) is 0 Å². The van der Waals surface area contributed by atoms with Gasteiger partial charge in [0, 0.05) is 31.4 Å². The first kappa shape index (κ1) is 16.5. The number of amides is 1. The molecule has 0 aliphatic heterocycles. The number of carbonyl (C=O) groups is 1. The lowest BCUT2D eigenvalue weighted by atomic mass is 10.1. The van der Waals surface area contributed by atoms with Crippen molar-refractivity contribution < 1.29 is 4.79 Å². The summed E-state index contributed by atoms with van der Waals surface area (Å²) in [7, 11) is 1.84. The molecule has 0 unspecified atom stereocenters. The zero-order chi connectivity index (χ0) is 15.0. The number of nitrogens with zero attached hydrogens (tertiary/aromatic N) is 2. The van der Waals surface area contributed by atoms with E-state index in [0.717, 1.165) is 55.8 Å². The van der Waals surface area contributed by atoms with E-state index in [1.165, 1.54) is 0 Å².